The lowest BCUT2D eigenvalue weighted by molar-refractivity contribution is 0.0286. The van der Waals surface area contributed by atoms with Crippen molar-refractivity contribution in [2.45, 2.75) is 38.3 Å². The Balaban J connectivity index is 0.000000339. The number of aliphatic hydroxyl groups excluding tert-OH is 1. The Morgan fingerprint density at radius 1 is 0.844 bits per heavy atom. The molecule has 0 radical (unpaired) electrons. The summed E-state index contributed by atoms with van der Waals surface area (Å²) in [6.07, 6.45) is 2.22. The maximum Gasteiger partial charge on any atom is 0.397 e. The van der Waals surface area contributed by atoms with E-state index in [9.17, 15) is 21.9 Å². The molecule has 2 heterocycles. The first-order valence-electron chi connectivity index (χ1n) is 14.2. The first-order chi connectivity index (χ1) is 21.5. The minimum absolute atomic E-state index is 0.0692. The summed E-state index contributed by atoms with van der Waals surface area (Å²) in [5.41, 5.74) is 7.08. The molecule has 2 atom stereocenters. The number of aliphatic hydroxyl groups is 1. The molecule has 2 aromatic carbocycles. The average molecular weight is 683 g/mol. The normalized spacial score (nSPS) is 16.2. The van der Waals surface area contributed by atoms with E-state index in [0.29, 0.717) is 19.3 Å². The van der Waals surface area contributed by atoms with Gasteiger partial charge in [0.25, 0.3) is 0 Å². The number of benzene rings is 2. The zero-order valence-electron chi connectivity index (χ0n) is 25.1. The standard InChI is InChI=1S/C12H19NO6S.C10H12O2.C4H8O.C2H7NO4S/c14-12(8-13-6-7-19-20(15,16)17)10-18-9-11-4-2-1-3-5-11;1-2-4-9(5-3-1)6-11-7-10-8-12-10;1-2-4-5-3-1;3-1-2-7-8(4,5)6/h1-5,12-14H,6-10H2,(H,15,16,17);1-5,10H,6-8H2;1-4H2;1-3H2,(H,4,5,6)/t12-;10-;;/m10../s1. The summed E-state index contributed by atoms with van der Waals surface area (Å²) in [6.45, 7) is 5.00. The van der Waals surface area contributed by atoms with Gasteiger partial charge in [-0.15, -0.1) is 0 Å². The summed E-state index contributed by atoms with van der Waals surface area (Å²) in [6, 6.07) is 19.8. The highest BCUT2D eigenvalue weighted by molar-refractivity contribution is 7.81. The van der Waals surface area contributed by atoms with Crippen LogP contribution in [0.15, 0.2) is 60.7 Å². The van der Waals surface area contributed by atoms with Gasteiger partial charge in [0, 0.05) is 32.8 Å². The molecule has 2 aliphatic heterocycles. The molecule has 0 aromatic heterocycles. The third kappa shape index (κ3) is 29.1. The van der Waals surface area contributed by atoms with E-state index in [4.69, 9.17) is 33.8 Å². The van der Waals surface area contributed by atoms with Gasteiger partial charge < -0.3 is 35.1 Å². The summed E-state index contributed by atoms with van der Waals surface area (Å²) < 4.78 is 84.6. The second kappa shape index (κ2) is 25.0. The van der Waals surface area contributed by atoms with E-state index in [0.717, 1.165) is 32.0 Å². The molecule has 0 aliphatic carbocycles. The molecule has 4 rings (SSSR count). The fourth-order valence-electron chi connectivity index (χ4n) is 3.14. The van der Waals surface area contributed by atoms with Crippen molar-refractivity contribution in [3.63, 3.8) is 0 Å². The van der Waals surface area contributed by atoms with Crippen molar-refractivity contribution in [1.29, 1.82) is 0 Å². The van der Waals surface area contributed by atoms with Crippen molar-refractivity contribution in [2.24, 2.45) is 5.73 Å². The van der Waals surface area contributed by atoms with Crippen molar-refractivity contribution >= 4 is 20.8 Å². The van der Waals surface area contributed by atoms with E-state index in [2.05, 4.69) is 25.8 Å². The van der Waals surface area contributed by atoms with Crippen molar-refractivity contribution < 1.29 is 58.4 Å². The minimum Gasteiger partial charge on any atom is -0.389 e. The third-order valence-corrected chi connectivity index (χ3v) is 6.24. The quantitative estimate of drug-likeness (QED) is 0.0896. The van der Waals surface area contributed by atoms with Crippen LogP contribution < -0.4 is 11.1 Å². The van der Waals surface area contributed by atoms with Gasteiger partial charge in [0.15, 0.2) is 0 Å². The molecule has 45 heavy (non-hydrogen) atoms. The first-order valence-corrected chi connectivity index (χ1v) is 17.0. The van der Waals surface area contributed by atoms with Gasteiger partial charge in [-0.1, -0.05) is 60.7 Å². The molecular formula is C28H46N2O13S2. The van der Waals surface area contributed by atoms with Gasteiger partial charge in [-0.2, -0.15) is 16.8 Å². The highest BCUT2D eigenvalue weighted by atomic mass is 32.3. The summed E-state index contributed by atoms with van der Waals surface area (Å²) in [5, 5.41) is 12.4. The van der Waals surface area contributed by atoms with Gasteiger partial charge >= 0.3 is 20.8 Å². The van der Waals surface area contributed by atoms with Gasteiger partial charge in [-0.25, -0.2) is 8.37 Å². The van der Waals surface area contributed by atoms with E-state index in [1.807, 2.05) is 48.5 Å². The van der Waals surface area contributed by atoms with Crippen LogP contribution >= 0.6 is 0 Å². The molecule has 0 amide bonds. The van der Waals surface area contributed by atoms with Crippen LogP contribution in [0.25, 0.3) is 0 Å². The molecule has 17 heteroatoms. The van der Waals surface area contributed by atoms with Gasteiger partial charge in [0.1, 0.15) is 6.10 Å². The molecule has 0 spiro atoms. The minimum atomic E-state index is -4.40. The first kappa shape index (κ1) is 40.9. The number of hydrogen-bond acceptors (Lipinski definition) is 13. The van der Waals surface area contributed by atoms with Gasteiger partial charge in [0.2, 0.25) is 0 Å². The summed E-state index contributed by atoms with van der Waals surface area (Å²) in [4.78, 5) is 0. The zero-order valence-corrected chi connectivity index (χ0v) is 26.8. The lowest BCUT2D eigenvalue weighted by Crippen LogP contribution is -2.32. The van der Waals surface area contributed by atoms with Crippen molar-refractivity contribution in [1.82, 2.24) is 5.32 Å². The van der Waals surface area contributed by atoms with Crippen molar-refractivity contribution in [3.8, 4) is 0 Å². The Hall–Kier alpha value is -2.10. The number of nitrogens with one attached hydrogen (secondary N) is 1. The second-order valence-electron chi connectivity index (χ2n) is 9.42. The van der Waals surface area contributed by atoms with E-state index < -0.39 is 26.9 Å². The van der Waals surface area contributed by atoms with Crippen LogP contribution in [0.2, 0.25) is 0 Å². The molecule has 2 fully saturated rings. The van der Waals surface area contributed by atoms with Crippen molar-refractivity contribution in [2.75, 3.05) is 65.9 Å². The molecular weight excluding hydrogens is 636 g/mol. The van der Waals surface area contributed by atoms with Crippen LogP contribution in [0.4, 0.5) is 0 Å². The van der Waals surface area contributed by atoms with Crippen LogP contribution in [-0.4, -0.2) is 109 Å². The summed E-state index contributed by atoms with van der Waals surface area (Å²) in [7, 11) is -8.66. The topological polar surface area (TPSA) is 226 Å². The monoisotopic (exact) mass is 682 g/mol. The van der Waals surface area contributed by atoms with Crippen LogP contribution in [-0.2, 0) is 61.3 Å². The third-order valence-electron chi connectivity index (χ3n) is 5.31. The Bertz CT molecular complexity index is 1180. The molecule has 2 aliphatic rings. The molecule has 2 aromatic rings. The molecule has 0 unspecified atom stereocenters. The van der Waals surface area contributed by atoms with Crippen molar-refractivity contribution in [3.05, 3.63) is 71.8 Å². The number of rotatable bonds is 17. The van der Waals surface area contributed by atoms with Crippen LogP contribution in [0, 0.1) is 0 Å². The highest BCUT2D eigenvalue weighted by Gasteiger charge is 2.22. The zero-order chi connectivity index (χ0) is 33.2. The van der Waals surface area contributed by atoms with Gasteiger partial charge in [0.05, 0.1) is 52.4 Å². The van der Waals surface area contributed by atoms with E-state index in [1.165, 1.54) is 18.4 Å². The molecule has 0 bridgehead atoms. The largest absolute Gasteiger partial charge is 0.397 e. The maximum atomic E-state index is 10.2. The molecule has 2 saturated heterocycles. The second-order valence-corrected chi connectivity index (χ2v) is 11.6. The van der Waals surface area contributed by atoms with Gasteiger partial charge in [-0.05, 0) is 24.0 Å². The average Bonchev–Trinajstić information content (AvgIpc) is 3.61. The Morgan fingerprint density at radius 3 is 1.78 bits per heavy atom. The lowest BCUT2D eigenvalue weighted by Gasteiger charge is -2.12. The predicted molar refractivity (Wildman–Crippen MR) is 165 cm³/mol. The van der Waals surface area contributed by atoms with Gasteiger partial charge in [-0.3, -0.25) is 9.11 Å². The molecule has 15 nitrogen and oxygen atoms in total. The summed E-state index contributed by atoms with van der Waals surface area (Å²) in [5.74, 6) is 0. The fraction of sp³-hybridized carbons (Fsp3) is 0.571. The Morgan fingerprint density at radius 2 is 1.36 bits per heavy atom. The molecule has 0 saturated carbocycles. The van der Waals surface area contributed by atoms with Crippen LogP contribution in [0.5, 0.6) is 0 Å². The van der Waals surface area contributed by atoms with E-state index >= 15 is 0 Å². The van der Waals surface area contributed by atoms with E-state index in [1.54, 1.807) is 0 Å². The Labute approximate surface area is 265 Å². The highest BCUT2D eigenvalue weighted by Crippen LogP contribution is 2.10. The van der Waals surface area contributed by atoms with E-state index in [-0.39, 0.29) is 39.5 Å². The maximum absolute atomic E-state index is 10.2. The molecule has 6 N–H and O–H groups in total. The number of epoxide rings is 1. The number of ether oxygens (including phenoxy) is 4. The smallest absolute Gasteiger partial charge is 0.389 e. The summed E-state index contributed by atoms with van der Waals surface area (Å²) >= 11 is 0. The van der Waals surface area contributed by atoms with Crippen LogP contribution in [0.1, 0.15) is 24.0 Å². The predicted octanol–water partition coefficient (Wildman–Crippen LogP) is 1.14. The Kier molecular flexibility index (Phi) is 22.8. The molecule has 258 valence electrons. The fourth-order valence-corrected chi connectivity index (χ4v) is 3.75. The lowest BCUT2D eigenvalue weighted by atomic mass is 10.2. The van der Waals surface area contributed by atoms with Crippen LogP contribution in [0.3, 0.4) is 0 Å². The number of hydrogen-bond donors (Lipinski definition) is 5. The SMILES string of the molecule is C1CCOC1.NCCOS(=O)(=O)O.O=S(=O)(O)OCCNC[C@@H](O)COCc1ccccc1.c1ccc(COC[C@H]2CO2)cc1. The number of nitrogens with two attached hydrogens (primary N) is 1.